The number of hydrogen-bond donors (Lipinski definition) is 1. The number of fused-ring (bicyclic) bond motifs is 1. The zero-order valence-electron chi connectivity index (χ0n) is 18.4. The number of nitrogens with one attached hydrogen (secondary N) is 1. The number of pyridine rings is 1. The number of nitrogens with zero attached hydrogens (tertiary/aromatic N) is 2. The molecule has 1 N–H and O–H groups in total. The van der Waals surface area contributed by atoms with Gasteiger partial charge in [-0.3, -0.25) is 14.4 Å². The smallest absolute Gasteiger partial charge is 0.262 e. The van der Waals surface area contributed by atoms with Crippen LogP contribution in [0.3, 0.4) is 0 Å². The molecule has 0 unspecified atom stereocenters. The van der Waals surface area contributed by atoms with Gasteiger partial charge in [-0.15, -0.1) is 22.9 Å². The van der Waals surface area contributed by atoms with Crippen molar-refractivity contribution < 1.29 is 19.1 Å². The average Bonchev–Trinajstić information content (AvgIpc) is 3.56. The fourth-order valence-corrected chi connectivity index (χ4v) is 6.57. The average molecular weight is 522 g/mol. The third kappa shape index (κ3) is 4.61. The lowest BCUT2D eigenvalue weighted by molar-refractivity contribution is -0.139. The third-order valence-corrected chi connectivity index (χ3v) is 8.66. The van der Waals surface area contributed by atoms with E-state index in [1.54, 1.807) is 18.3 Å². The van der Waals surface area contributed by atoms with Crippen LogP contribution >= 0.6 is 34.5 Å². The van der Waals surface area contributed by atoms with E-state index in [0.717, 1.165) is 42.5 Å². The molecule has 3 aliphatic rings. The maximum atomic E-state index is 13.7. The van der Waals surface area contributed by atoms with Crippen LogP contribution in [0, 0.1) is 5.92 Å². The van der Waals surface area contributed by atoms with Gasteiger partial charge in [0.15, 0.2) is 5.78 Å². The van der Waals surface area contributed by atoms with Crippen LogP contribution in [0.2, 0.25) is 5.15 Å². The maximum Gasteiger partial charge on any atom is 0.262 e. The molecule has 0 radical (unpaired) electrons. The summed E-state index contributed by atoms with van der Waals surface area (Å²) in [5.74, 6) is -0.643. The molecule has 2 saturated heterocycles. The van der Waals surface area contributed by atoms with Gasteiger partial charge in [0, 0.05) is 23.2 Å². The minimum atomic E-state index is -0.702. The van der Waals surface area contributed by atoms with E-state index in [1.807, 2.05) is 12.1 Å². The van der Waals surface area contributed by atoms with Crippen LogP contribution in [0.1, 0.15) is 41.8 Å². The van der Waals surface area contributed by atoms with Crippen LogP contribution in [0.25, 0.3) is 10.4 Å². The Morgan fingerprint density at radius 3 is 2.71 bits per heavy atom. The molecule has 10 heteroatoms. The topological polar surface area (TPSA) is 88.6 Å². The molecular weight excluding hydrogens is 497 g/mol. The summed E-state index contributed by atoms with van der Waals surface area (Å²) in [6.07, 6.45) is 6.07. The number of halogens is 2. The molecular formula is C24H25Cl2N3O4S. The van der Waals surface area contributed by atoms with Gasteiger partial charge >= 0.3 is 0 Å². The van der Waals surface area contributed by atoms with Crippen molar-refractivity contribution in [3.8, 4) is 10.4 Å². The van der Waals surface area contributed by atoms with Crippen molar-refractivity contribution in [2.45, 2.75) is 55.7 Å². The van der Waals surface area contributed by atoms with E-state index >= 15 is 0 Å². The van der Waals surface area contributed by atoms with Crippen molar-refractivity contribution in [2.24, 2.45) is 5.92 Å². The molecule has 5 rings (SSSR count). The number of alkyl halides is 1. The summed E-state index contributed by atoms with van der Waals surface area (Å²) in [5.41, 5.74) is 0.865. The molecule has 180 valence electrons. The van der Waals surface area contributed by atoms with E-state index in [2.05, 4.69) is 10.3 Å². The van der Waals surface area contributed by atoms with Crippen LogP contribution < -0.4 is 5.32 Å². The van der Waals surface area contributed by atoms with Crippen molar-refractivity contribution in [1.82, 2.24) is 15.2 Å². The molecule has 1 aliphatic carbocycles. The standard InChI is InChI=1S/C24H25Cl2N3O4S/c25-15-11-29(21-16(30)12-33-22(15)21)24(32)20(13-4-2-1-3-5-13)28-23(31)18-8-7-17(34-18)14-6-9-19(26)27-10-14/h6-10,13,15,20-22H,1-5,11-12H2,(H,28,31)/t15-,20-,21+,22+/m0/s1. The Labute approximate surface area is 211 Å². The second-order valence-corrected chi connectivity index (χ2v) is 11.1. The minimum Gasteiger partial charge on any atom is -0.366 e. The van der Waals surface area contributed by atoms with Crippen LogP contribution in [0.4, 0.5) is 0 Å². The highest BCUT2D eigenvalue weighted by atomic mass is 35.5. The third-order valence-electron chi connectivity index (χ3n) is 6.92. The van der Waals surface area contributed by atoms with E-state index < -0.39 is 23.6 Å². The van der Waals surface area contributed by atoms with Gasteiger partial charge < -0.3 is 15.0 Å². The van der Waals surface area contributed by atoms with Crippen molar-refractivity contribution >= 4 is 52.1 Å². The van der Waals surface area contributed by atoms with E-state index in [4.69, 9.17) is 27.9 Å². The first-order valence-corrected chi connectivity index (χ1v) is 13.2. The van der Waals surface area contributed by atoms with Gasteiger partial charge in [-0.05, 0) is 43.0 Å². The molecule has 0 spiro atoms. The van der Waals surface area contributed by atoms with E-state index in [-0.39, 0.29) is 36.7 Å². The lowest BCUT2D eigenvalue weighted by Crippen LogP contribution is -2.55. The number of carbonyl (C=O) groups excluding carboxylic acids is 3. The van der Waals surface area contributed by atoms with Gasteiger partial charge in [0.25, 0.3) is 5.91 Å². The zero-order chi connectivity index (χ0) is 23.8. The lowest BCUT2D eigenvalue weighted by Gasteiger charge is -2.34. The second-order valence-electron chi connectivity index (χ2n) is 9.08. The molecule has 2 aliphatic heterocycles. The van der Waals surface area contributed by atoms with Crippen molar-refractivity contribution in [3.05, 3.63) is 40.5 Å². The van der Waals surface area contributed by atoms with E-state index in [9.17, 15) is 14.4 Å². The Morgan fingerprint density at radius 1 is 1.18 bits per heavy atom. The zero-order valence-corrected chi connectivity index (χ0v) is 20.7. The summed E-state index contributed by atoms with van der Waals surface area (Å²) in [6, 6.07) is 5.80. The summed E-state index contributed by atoms with van der Waals surface area (Å²) in [4.78, 5) is 46.4. The molecule has 2 amide bonds. The fraction of sp³-hybridized carbons (Fsp3) is 0.500. The maximum absolute atomic E-state index is 13.7. The lowest BCUT2D eigenvalue weighted by atomic mass is 9.83. The quantitative estimate of drug-likeness (QED) is 0.475. The van der Waals surface area contributed by atoms with Gasteiger partial charge in [-0.1, -0.05) is 30.9 Å². The molecule has 7 nitrogen and oxygen atoms in total. The second kappa shape index (κ2) is 9.93. The summed E-state index contributed by atoms with van der Waals surface area (Å²) in [5, 5.41) is 2.98. The molecule has 4 heterocycles. The van der Waals surface area contributed by atoms with Crippen LogP contribution in [0.5, 0.6) is 0 Å². The highest BCUT2D eigenvalue weighted by Gasteiger charge is 2.53. The number of aromatic nitrogens is 1. The number of thiophene rings is 1. The minimum absolute atomic E-state index is 0.0235. The number of rotatable bonds is 5. The molecule has 0 aromatic carbocycles. The first-order valence-electron chi connectivity index (χ1n) is 11.5. The summed E-state index contributed by atoms with van der Waals surface area (Å²) >= 11 is 13.6. The molecule has 1 saturated carbocycles. The van der Waals surface area contributed by atoms with Gasteiger partial charge in [0.1, 0.15) is 29.9 Å². The van der Waals surface area contributed by atoms with Gasteiger partial charge in [-0.2, -0.15) is 0 Å². The molecule has 34 heavy (non-hydrogen) atoms. The summed E-state index contributed by atoms with van der Waals surface area (Å²) in [6.45, 7) is 0.216. The van der Waals surface area contributed by atoms with Crippen LogP contribution in [0.15, 0.2) is 30.5 Å². The normalized spacial score (nSPS) is 25.9. The Balaban J connectivity index is 1.36. The number of hydrogen-bond acceptors (Lipinski definition) is 6. The fourth-order valence-electron chi connectivity index (χ4n) is 5.20. The molecule has 0 bridgehead atoms. The molecule has 3 fully saturated rings. The highest BCUT2D eigenvalue weighted by molar-refractivity contribution is 7.17. The van der Waals surface area contributed by atoms with Gasteiger partial charge in [0.05, 0.1) is 10.3 Å². The highest BCUT2D eigenvalue weighted by Crippen LogP contribution is 2.34. The number of Topliss-reactive ketones (excluding diaryl/α,β-unsaturated/α-hetero) is 1. The first kappa shape index (κ1) is 23.7. The monoisotopic (exact) mass is 521 g/mol. The van der Waals surface area contributed by atoms with Gasteiger partial charge in [0.2, 0.25) is 5.91 Å². The SMILES string of the molecule is O=C(N[C@H](C(=O)N1C[C@H](Cl)[C@H]2OCC(=O)[C@H]21)C1CCCCC1)c1ccc(-c2ccc(Cl)nc2)s1. The van der Waals surface area contributed by atoms with E-state index in [0.29, 0.717) is 10.0 Å². The van der Waals surface area contributed by atoms with Crippen LogP contribution in [-0.2, 0) is 14.3 Å². The Kier molecular flexibility index (Phi) is 6.93. The van der Waals surface area contributed by atoms with Crippen molar-refractivity contribution in [3.63, 3.8) is 0 Å². The number of likely N-dealkylation sites (tertiary alicyclic amines) is 1. The van der Waals surface area contributed by atoms with Crippen LogP contribution in [-0.4, -0.2) is 64.2 Å². The first-order chi connectivity index (χ1) is 16.4. The Bertz CT molecular complexity index is 1090. The number of carbonyl (C=O) groups is 3. The summed E-state index contributed by atoms with van der Waals surface area (Å²) < 4.78 is 5.54. The Hall–Kier alpha value is -2.00. The predicted molar refractivity (Wildman–Crippen MR) is 130 cm³/mol. The number of ether oxygens (including phenoxy) is 1. The largest absolute Gasteiger partial charge is 0.366 e. The van der Waals surface area contributed by atoms with Gasteiger partial charge in [-0.25, -0.2) is 4.98 Å². The molecule has 2 aromatic heterocycles. The summed E-state index contributed by atoms with van der Waals surface area (Å²) in [7, 11) is 0. The number of amides is 2. The Morgan fingerprint density at radius 2 is 1.97 bits per heavy atom. The van der Waals surface area contributed by atoms with Crippen molar-refractivity contribution in [2.75, 3.05) is 13.2 Å². The van der Waals surface area contributed by atoms with E-state index in [1.165, 1.54) is 16.2 Å². The van der Waals surface area contributed by atoms with Crippen molar-refractivity contribution in [1.29, 1.82) is 0 Å². The predicted octanol–water partition coefficient (Wildman–Crippen LogP) is 3.93. The number of ketones is 1. The molecule has 4 atom stereocenters. The molecule has 2 aromatic rings.